The summed E-state index contributed by atoms with van der Waals surface area (Å²) in [5, 5.41) is 2.29. The van der Waals surface area contributed by atoms with Crippen LogP contribution in [0.3, 0.4) is 0 Å². The minimum absolute atomic E-state index is 0.0588. The van der Waals surface area contributed by atoms with Gasteiger partial charge in [-0.15, -0.1) is 0 Å². The maximum Gasteiger partial charge on any atom is 0.296 e. The van der Waals surface area contributed by atoms with Crippen molar-refractivity contribution in [3.63, 3.8) is 0 Å². The zero-order chi connectivity index (χ0) is 23.0. The number of nitrogens with one attached hydrogen (secondary N) is 1. The fourth-order valence-electron chi connectivity index (χ4n) is 4.05. The first-order valence-corrected chi connectivity index (χ1v) is 11.9. The Morgan fingerprint density at radius 2 is 1.88 bits per heavy atom. The molecule has 1 N–H and O–H groups in total. The summed E-state index contributed by atoms with van der Waals surface area (Å²) in [6, 6.07) is 9.49. The molecule has 2 aromatic carbocycles. The highest BCUT2D eigenvalue weighted by Gasteiger charge is 2.39. The van der Waals surface area contributed by atoms with Gasteiger partial charge < -0.3 is 4.90 Å². The number of fused-ring (bicyclic) bond motifs is 1. The SMILES string of the molecule is CCCOS(=O)(=O)c1ccc(C)c(-c2ccc3c(c2)C(=O)N(C2CCC(=O)NC2=O)C3)c1. The van der Waals surface area contributed by atoms with Crippen LogP contribution in [0.2, 0.25) is 0 Å². The highest BCUT2D eigenvalue weighted by molar-refractivity contribution is 7.86. The van der Waals surface area contributed by atoms with Crippen molar-refractivity contribution >= 4 is 27.8 Å². The topological polar surface area (TPSA) is 110 Å². The zero-order valence-corrected chi connectivity index (χ0v) is 18.7. The monoisotopic (exact) mass is 456 g/mol. The van der Waals surface area contributed by atoms with E-state index in [1.165, 1.54) is 11.0 Å². The highest BCUT2D eigenvalue weighted by atomic mass is 32.2. The van der Waals surface area contributed by atoms with Crippen LogP contribution in [0, 0.1) is 6.92 Å². The van der Waals surface area contributed by atoms with E-state index in [-0.39, 0.29) is 29.7 Å². The molecule has 4 rings (SSSR count). The average Bonchev–Trinajstić information content (AvgIpc) is 3.08. The van der Waals surface area contributed by atoms with Crippen LogP contribution in [0.5, 0.6) is 0 Å². The van der Waals surface area contributed by atoms with Crippen LogP contribution in [-0.4, -0.2) is 43.7 Å². The average molecular weight is 457 g/mol. The number of hydrogen-bond donors (Lipinski definition) is 1. The Morgan fingerprint density at radius 1 is 1.09 bits per heavy atom. The molecule has 2 aromatic rings. The van der Waals surface area contributed by atoms with Crippen molar-refractivity contribution in [1.29, 1.82) is 0 Å². The van der Waals surface area contributed by atoms with Gasteiger partial charge in [0.2, 0.25) is 11.8 Å². The number of nitrogens with zero attached hydrogens (tertiary/aromatic N) is 1. The third kappa shape index (κ3) is 4.05. The van der Waals surface area contributed by atoms with E-state index in [1.54, 1.807) is 18.2 Å². The first kappa shape index (κ1) is 22.2. The second-order valence-electron chi connectivity index (χ2n) is 8.02. The summed E-state index contributed by atoms with van der Waals surface area (Å²) in [4.78, 5) is 38.3. The second kappa shape index (κ2) is 8.48. The molecule has 0 saturated carbocycles. The summed E-state index contributed by atoms with van der Waals surface area (Å²) in [5.74, 6) is -1.06. The van der Waals surface area contributed by atoms with E-state index in [9.17, 15) is 22.8 Å². The number of carbonyl (C=O) groups excluding carboxylic acids is 3. The number of carbonyl (C=O) groups is 3. The van der Waals surface area contributed by atoms with Crippen LogP contribution in [-0.2, 0) is 30.4 Å². The lowest BCUT2D eigenvalue weighted by Gasteiger charge is -2.29. The van der Waals surface area contributed by atoms with Gasteiger partial charge in [0.1, 0.15) is 6.04 Å². The molecule has 32 heavy (non-hydrogen) atoms. The van der Waals surface area contributed by atoms with Gasteiger partial charge in [-0.1, -0.05) is 25.1 Å². The Balaban J connectivity index is 1.65. The first-order chi connectivity index (χ1) is 15.2. The molecule has 0 spiro atoms. The lowest BCUT2D eigenvalue weighted by Crippen LogP contribution is -2.52. The molecule has 3 amide bonds. The molecule has 1 saturated heterocycles. The van der Waals surface area contributed by atoms with Gasteiger partial charge in [-0.3, -0.25) is 23.9 Å². The summed E-state index contributed by atoms with van der Waals surface area (Å²) in [6.45, 7) is 4.09. The first-order valence-electron chi connectivity index (χ1n) is 10.5. The lowest BCUT2D eigenvalue weighted by molar-refractivity contribution is -0.136. The molecule has 1 atom stereocenters. The van der Waals surface area contributed by atoms with Crippen LogP contribution < -0.4 is 5.32 Å². The van der Waals surface area contributed by atoms with Crippen LogP contribution >= 0.6 is 0 Å². The molecular weight excluding hydrogens is 432 g/mol. The van der Waals surface area contributed by atoms with Crippen LogP contribution in [0.4, 0.5) is 0 Å². The van der Waals surface area contributed by atoms with E-state index in [4.69, 9.17) is 4.18 Å². The minimum atomic E-state index is -3.87. The largest absolute Gasteiger partial charge is 0.322 e. The van der Waals surface area contributed by atoms with Gasteiger partial charge >= 0.3 is 0 Å². The summed E-state index contributed by atoms with van der Waals surface area (Å²) >= 11 is 0. The van der Waals surface area contributed by atoms with Gasteiger partial charge in [-0.05, 0) is 60.2 Å². The summed E-state index contributed by atoms with van der Waals surface area (Å²) in [7, 11) is -3.87. The molecule has 0 aliphatic carbocycles. The smallest absolute Gasteiger partial charge is 0.296 e. The zero-order valence-electron chi connectivity index (χ0n) is 17.9. The Labute approximate surface area is 186 Å². The maximum atomic E-state index is 13.1. The van der Waals surface area contributed by atoms with Crippen molar-refractivity contribution in [3.05, 3.63) is 53.1 Å². The van der Waals surface area contributed by atoms with Gasteiger partial charge in [0.05, 0.1) is 11.5 Å². The molecule has 2 heterocycles. The second-order valence-corrected chi connectivity index (χ2v) is 9.64. The molecule has 0 bridgehead atoms. The molecule has 1 fully saturated rings. The fourth-order valence-corrected chi connectivity index (χ4v) is 5.07. The van der Waals surface area contributed by atoms with E-state index in [2.05, 4.69) is 5.32 Å². The van der Waals surface area contributed by atoms with Crippen molar-refractivity contribution < 1.29 is 27.0 Å². The normalized spacial score (nSPS) is 18.6. The predicted molar refractivity (Wildman–Crippen MR) is 116 cm³/mol. The fraction of sp³-hybridized carbons (Fsp3) is 0.348. The number of rotatable bonds is 6. The van der Waals surface area contributed by atoms with E-state index in [1.807, 2.05) is 26.0 Å². The van der Waals surface area contributed by atoms with E-state index < -0.39 is 22.1 Å². The van der Waals surface area contributed by atoms with Crippen molar-refractivity contribution in [2.24, 2.45) is 0 Å². The molecule has 168 valence electrons. The molecule has 2 aliphatic heterocycles. The third-order valence-electron chi connectivity index (χ3n) is 5.78. The van der Waals surface area contributed by atoms with Crippen LogP contribution in [0.25, 0.3) is 11.1 Å². The van der Waals surface area contributed by atoms with Gasteiger partial charge in [-0.25, -0.2) is 0 Å². The Bertz CT molecular complexity index is 1220. The summed E-state index contributed by atoms with van der Waals surface area (Å²) in [6.07, 6.45) is 1.07. The Morgan fingerprint density at radius 3 is 2.59 bits per heavy atom. The van der Waals surface area contributed by atoms with Crippen molar-refractivity contribution in [1.82, 2.24) is 10.2 Å². The summed E-state index contributed by atoms with van der Waals surface area (Å²) in [5.41, 5.74) is 3.50. The van der Waals surface area contributed by atoms with Gasteiger partial charge in [0, 0.05) is 18.5 Å². The predicted octanol–water partition coefficient (Wildman–Crippen LogP) is 2.54. The molecular formula is C23H24N2O6S. The van der Waals surface area contributed by atoms with Crippen molar-refractivity contribution in [2.45, 2.75) is 50.6 Å². The summed E-state index contributed by atoms with van der Waals surface area (Å²) < 4.78 is 29.9. The number of benzene rings is 2. The minimum Gasteiger partial charge on any atom is -0.322 e. The number of aryl methyl sites for hydroxylation is 1. The molecule has 0 aromatic heterocycles. The molecule has 9 heteroatoms. The molecule has 1 unspecified atom stereocenters. The Kier molecular flexibility index (Phi) is 5.87. The quantitative estimate of drug-likeness (QED) is 0.528. The molecule has 2 aliphatic rings. The number of imide groups is 1. The Hall–Kier alpha value is -3.04. The number of piperidine rings is 1. The van der Waals surface area contributed by atoms with Gasteiger partial charge in [-0.2, -0.15) is 8.42 Å². The van der Waals surface area contributed by atoms with E-state index in [0.29, 0.717) is 36.1 Å². The number of amides is 3. The maximum absolute atomic E-state index is 13.1. The van der Waals surface area contributed by atoms with Crippen LogP contribution in [0.1, 0.15) is 47.7 Å². The highest BCUT2D eigenvalue weighted by Crippen LogP contribution is 2.33. The lowest BCUT2D eigenvalue weighted by atomic mass is 9.97. The number of hydrogen-bond acceptors (Lipinski definition) is 6. The van der Waals surface area contributed by atoms with E-state index in [0.717, 1.165) is 11.1 Å². The molecule has 8 nitrogen and oxygen atoms in total. The van der Waals surface area contributed by atoms with Gasteiger partial charge in [0.15, 0.2) is 0 Å². The van der Waals surface area contributed by atoms with Crippen molar-refractivity contribution in [3.8, 4) is 11.1 Å². The van der Waals surface area contributed by atoms with Crippen LogP contribution in [0.15, 0.2) is 41.3 Å². The van der Waals surface area contributed by atoms with E-state index >= 15 is 0 Å². The third-order valence-corrected chi connectivity index (χ3v) is 7.09. The van der Waals surface area contributed by atoms with Crippen molar-refractivity contribution in [2.75, 3.05) is 6.61 Å². The standard InChI is InChI=1S/C23H24N2O6S/c1-3-10-31-32(29,30)17-7-4-14(2)18(12-17)15-5-6-16-13-25(23(28)19(16)11-15)20-8-9-21(26)24-22(20)27/h4-7,11-12,20H,3,8-10,13H2,1-2H3,(H,24,26,27). The van der Waals surface area contributed by atoms with Gasteiger partial charge in [0.25, 0.3) is 16.0 Å². The molecule has 0 radical (unpaired) electrons.